The molecular formula is C23H22N6O2. The second kappa shape index (κ2) is 8.66. The first kappa shape index (κ1) is 20.1. The molecule has 0 radical (unpaired) electrons. The summed E-state index contributed by atoms with van der Waals surface area (Å²) < 4.78 is 7.65. The van der Waals surface area contributed by atoms with Gasteiger partial charge in [-0.1, -0.05) is 6.07 Å². The molecule has 0 aliphatic heterocycles. The summed E-state index contributed by atoms with van der Waals surface area (Å²) in [7, 11) is 0. The van der Waals surface area contributed by atoms with Crippen LogP contribution >= 0.6 is 0 Å². The molecule has 2 heterocycles. The van der Waals surface area contributed by atoms with Gasteiger partial charge in [0, 0.05) is 29.8 Å². The minimum atomic E-state index is -0.310. The Morgan fingerprint density at radius 1 is 0.903 bits per heavy atom. The van der Waals surface area contributed by atoms with Crippen LogP contribution in [0.3, 0.4) is 0 Å². The summed E-state index contributed by atoms with van der Waals surface area (Å²) in [5.74, 6) is 2.27. The molecular weight excluding hydrogens is 392 g/mol. The van der Waals surface area contributed by atoms with E-state index in [9.17, 15) is 4.79 Å². The molecule has 156 valence electrons. The molecule has 31 heavy (non-hydrogen) atoms. The number of imidazole rings is 1. The standard InChI is InChI=1S/C23H22N6O2/c1-15-10-16(2)12-19(11-15)28-23(30)27-18-4-6-20(7-5-18)31-22-13-21(25-17(3)26-22)29-9-8-24-14-29/h4-14H,1-3H3,(H2,27,28,30). The van der Waals surface area contributed by atoms with E-state index in [-0.39, 0.29) is 6.03 Å². The van der Waals surface area contributed by atoms with Crippen molar-refractivity contribution < 1.29 is 9.53 Å². The molecule has 4 aromatic rings. The zero-order chi connectivity index (χ0) is 21.8. The lowest BCUT2D eigenvalue weighted by atomic mass is 10.1. The number of nitrogens with zero attached hydrogens (tertiary/aromatic N) is 4. The number of amides is 2. The second-order valence-electron chi connectivity index (χ2n) is 7.16. The average Bonchev–Trinajstić information content (AvgIpc) is 3.23. The maximum atomic E-state index is 12.3. The quantitative estimate of drug-likeness (QED) is 0.478. The van der Waals surface area contributed by atoms with Crippen molar-refractivity contribution in [1.82, 2.24) is 19.5 Å². The Morgan fingerprint density at radius 3 is 2.29 bits per heavy atom. The van der Waals surface area contributed by atoms with Crippen LogP contribution in [0.15, 0.2) is 67.3 Å². The molecule has 0 unspecified atom stereocenters. The summed E-state index contributed by atoms with van der Waals surface area (Å²) in [4.78, 5) is 25.0. The average molecular weight is 414 g/mol. The molecule has 0 bridgehead atoms. The van der Waals surface area contributed by atoms with Crippen LogP contribution in [0.5, 0.6) is 11.6 Å². The van der Waals surface area contributed by atoms with Crippen LogP contribution in [0.2, 0.25) is 0 Å². The number of anilines is 2. The van der Waals surface area contributed by atoms with Crippen LogP contribution < -0.4 is 15.4 Å². The number of hydrogen-bond donors (Lipinski definition) is 2. The Bertz CT molecular complexity index is 1180. The van der Waals surface area contributed by atoms with Crippen molar-refractivity contribution in [3.05, 3.63) is 84.2 Å². The molecule has 8 heteroatoms. The summed E-state index contributed by atoms with van der Waals surface area (Å²) in [5.41, 5.74) is 3.58. The number of carbonyl (C=O) groups is 1. The largest absolute Gasteiger partial charge is 0.439 e. The van der Waals surface area contributed by atoms with Gasteiger partial charge in [0.15, 0.2) is 0 Å². The van der Waals surface area contributed by atoms with E-state index in [4.69, 9.17) is 4.74 Å². The Hall–Kier alpha value is -4.20. The topological polar surface area (TPSA) is 94.0 Å². The fourth-order valence-corrected chi connectivity index (χ4v) is 3.17. The van der Waals surface area contributed by atoms with Gasteiger partial charge in [0.25, 0.3) is 0 Å². The summed E-state index contributed by atoms with van der Waals surface area (Å²) in [6.45, 7) is 5.79. The van der Waals surface area contributed by atoms with Gasteiger partial charge >= 0.3 is 6.03 Å². The van der Waals surface area contributed by atoms with E-state index in [2.05, 4.69) is 31.7 Å². The Balaban J connectivity index is 1.41. The molecule has 2 N–H and O–H groups in total. The molecule has 0 aliphatic carbocycles. The molecule has 0 aliphatic rings. The van der Waals surface area contributed by atoms with Gasteiger partial charge in [0.2, 0.25) is 5.88 Å². The molecule has 0 atom stereocenters. The highest BCUT2D eigenvalue weighted by Gasteiger charge is 2.07. The van der Waals surface area contributed by atoms with Crippen molar-refractivity contribution in [1.29, 1.82) is 0 Å². The number of urea groups is 1. The van der Waals surface area contributed by atoms with Gasteiger partial charge in [-0.25, -0.2) is 14.8 Å². The molecule has 0 saturated carbocycles. The zero-order valence-electron chi connectivity index (χ0n) is 17.5. The molecule has 0 fully saturated rings. The SMILES string of the molecule is Cc1cc(C)cc(NC(=O)Nc2ccc(Oc3cc(-n4ccnc4)nc(C)n3)cc2)c1. The number of nitrogens with one attached hydrogen (secondary N) is 2. The van der Waals surface area contributed by atoms with E-state index in [0.29, 0.717) is 29.0 Å². The number of aromatic nitrogens is 4. The van der Waals surface area contributed by atoms with Crippen molar-refractivity contribution in [2.24, 2.45) is 0 Å². The summed E-state index contributed by atoms with van der Waals surface area (Å²) >= 11 is 0. The third kappa shape index (κ3) is 5.24. The highest BCUT2D eigenvalue weighted by Crippen LogP contribution is 2.23. The van der Waals surface area contributed by atoms with Crippen molar-refractivity contribution in [2.75, 3.05) is 10.6 Å². The van der Waals surface area contributed by atoms with Gasteiger partial charge in [-0.05, 0) is 68.3 Å². The second-order valence-corrected chi connectivity index (χ2v) is 7.16. The van der Waals surface area contributed by atoms with E-state index < -0.39 is 0 Å². The number of carbonyl (C=O) groups excluding carboxylic acids is 1. The van der Waals surface area contributed by atoms with Crippen molar-refractivity contribution >= 4 is 17.4 Å². The molecule has 4 rings (SSSR count). The molecule has 0 spiro atoms. The molecule has 0 saturated heterocycles. The van der Waals surface area contributed by atoms with Gasteiger partial charge in [-0.2, -0.15) is 4.98 Å². The molecule has 8 nitrogen and oxygen atoms in total. The third-order valence-corrected chi connectivity index (χ3v) is 4.38. The van der Waals surface area contributed by atoms with Gasteiger partial charge < -0.3 is 15.4 Å². The Morgan fingerprint density at radius 2 is 1.61 bits per heavy atom. The highest BCUT2D eigenvalue weighted by atomic mass is 16.5. The summed E-state index contributed by atoms with van der Waals surface area (Å²) in [6.07, 6.45) is 5.14. The first-order chi connectivity index (χ1) is 14.9. The van der Waals surface area contributed by atoms with Crippen molar-refractivity contribution in [3.63, 3.8) is 0 Å². The lowest BCUT2D eigenvalue weighted by Gasteiger charge is -2.11. The Labute approximate surface area is 180 Å². The normalized spacial score (nSPS) is 10.5. The number of hydrogen-bond acceptors (Lipinski definition) is 5. The summed E-state index contributed by atoms with van der Waals surface area (Å²) in [5, 5.41) is 5.66. The summed E-state index contributed by atoms with van der Waals surface area (Å²) in [6, 6.07) is 14.4. The third-order valence-electron chi connectivity index (χ3n) is 4.38. The van der Waals surface area contributed by atoms with E-state index in [1.165, 1.54) is 0 Å². The fraction of sp³-hybridized carbons (Fsp3) is 0.130. The van der Waals surface area contributed by atoms with Gasteiger partial charge in [0.1, 0.15) is 23.7 Å². The Kier molecular flexibility index (Phi) is 5.61. The highest BCUT2D eigenvalue weighted by molar-refractivity contribution is 5.99. The lowest BCUT2D eigenvalue weighted by Crippen LogP contribution is -2.19. The van der Waals surface area contributed by atoms with Crippen molar-refractivity contribution in [3.8, 4) is 17.4 Å². The van der Waals surface area contributed by atoms with Crippen LogP contribution in [0.1, 0.15) is 17.0 Å². The van der Waals surface area contributed by atoms with Crippen LogP contribution in [0.4, 0.5) is 16.2 Å². The van der Waals surface area contributed by atoms with Crippen LogP contribution in [0, 0.1) is 20.8 Å². The number of aryl methyl sites for hydroxylation is 3. The van der Waals surface area contributed by atoms with Gasteiger partial charge in [-0.15, -0.1) is 0 Å². The van der Waals surface area contributed by atoms with E-state index in [1.54, 1.807) is 60.5 Å². The number of rotatable bonds is 5. The van der Waals surface area contributed by atoms with Crippen LogP contribution in [-0.2, 0) is 0 Å². The maximum Gasteiger partial charge on any atom is 0.323 e. The smallest absolute Gasteiger partial charge is 0.323 e. The van der Waals surface area contributed by atoms with Gasteiger partial charge in [-0.3, -0.25) is 4.57 Å². The van der Waals surface area contributed by atoms with Crippen LogP contribution in [-0.4, -0.2) is 25.6 Å². The minimum absolute atomic E-state index is 0.310. The fourth-order valence-electron chi connectivity index (χ4n) is 3.17. The predicted octanol–water partition coefficient (Wildman–Crippen LogP) is 5.02. The van der Waals surface area contributed by atoms with E-state index in [1.807, 2.05) is 26.0 Å². The minimum Gasteiger partial charge on any atom is -0.439 e. The van der Waals surface area contributed by atoms with Gasteiger partial charge in [0.05, 0.1) is 0 Å². The van der Waals surface area contributed by atoms with Crippen LogP contribution in [0.25, 0.3) is 5.82 Å². The zero-order valence-corrected chi connectivity index (χ0v) is 17.5. The predicted molar refractivity (Wildman–Crippen MR) is 119 cm³/mol. The first-order valence-corrected chi connectivity index (χ1v) is 9.73. The van der Waals surface area contributed by atoms with E-state index >= 15 is 0 Å². The van der Waals surface area contributed by atoms with Crippen molar-refractivity contribution in [2.45, 2.75) is 20.8 Å². The lowest BCUT2D eigenvalue weighted by molar-refractivity contribution is 0.262. The first-order valence-electron chi connectivity index (χ1n) is 9.73. The molecule has 2 amide bonds. The molecule has 2 aromatic heterocycles. The maximum absolute atomic E-state index is 12.3. The number of ether oxygens (including phenoxy) is 1. The number of benzene rings is 2. The molecule has 2 aromatic carbocycles. The van der Waals surface area contributed by atoms with E-state index in [0.717, 1.165) is 16.8 Å². The monoisotopic (exact) mass is 414 g/mol.